The van der Waals surface area contributed by atoms with Crippen LogP contribution in [0.3, 0.4) is 0 Å². The molecule has 0 aromatic carbocycles. The monoisotopic (exact) mass is 206 g/mol. The van der Waals surface area contributed by atoms with Crippen LogP contribution in [0.1, 0.15) is 23.2 Å². The van der Waals surface area contributed by atoms with Crippen LogP contribution in [-0.4, -0.2) is 30.5 Å². The largest absolute Gasteiger partial charge is 0.381 e. The molecular formula is C11H14N2O2. The first-order chi connectivity index (χ1) is 7.38. The van der Waals surface area contributed by atoms with E-state index in [-0.39, 0.29) is 0 Å². The summed E-state index contributed by atoms with van der Waals surface area (Å²) in [4.78, 5) is 14.7. The van der Waals surface area contributed by atoms with E-state index >= 15 is 0 Å². The van der Waals surface area contributed by atoms with Crippen LogP contribution in [0.2, 0.25) is 0 Å². The average molecular weight is 206 g/mol. The number of rotatable bonds is 3. The van der Waals surface area contributed by atoms with Gasteiger partial charge in [-0.15, -0.1) is 0 Å². The fourth-order valence-corrected chi connectivity index (χ4v) is 1.65. The molecule has 1 aromatic rings. The molecule has 0 aliphatic carbocycles. The highest BCUT2D eigenvalue weighted by molar-refractivity contribution is 5.75. The summed E-state index contributed by atoms with van der Waals surface area (Å²) in [7, 11) is 0. The maximum atomic E-state index is 10.6. The zero-order valence-corrected chi connectivity index (χ0v) is 8.48. The van der Waals surface area contributed by atoms with Crippen LogP contribution in [0.15, 0.2) is 18.3 Å². The molecule has 2 rings (SSSR count). The van der Waals surface area contributed by atoms with E-state index < -0.39 is 0 Å². The van der Waals surface area contributed by atoms with Crippen molar-refractivity contribution in [3.63, 3.8) is 0 Å². The van der Waals surface area contributed by atoms with E-state index in [0.29, 0.717) is 11.6 Å². The predicted octanol–water partition coefficient (Wildman–Crippen LogP) is 1.48. The van der Waals surface area contributed by atoms with Crippen molar-refractivity contribution < 1.29 is 9.53 Å². The molecular weight excluding hydrogens is 192 g/mol. The topological polar surface area (TPSA) is 51.2 Å². The normalized spacial score (nSPS) is 17.3. The Kier molecular flexibility index (Phi) is 3.29. The van der Waals surface area contributed by atoms with E-state index in [0.717, 1.165) is 38.2 Å². The van der Waals surface area contributed by atoms with Gasteiger partial charge in [-0.3, -0.25) is 4.79 Å². The van der Waals surface area contributed by atoms with Crippen LogP contribution in [0.25, 0.3) is 0 Å². The Hall–Kier alpha value is -1.42. The van der Waals surface area contributed by atoms with Crippen molar-refractivity contribution in [1.29, 1.82) is 0 Å². The van der Waals surface area contributed by atoms with Crippen molar-refractivity contribution in [1.82, 2.24) is 4.98 Å². The van der Waals surface area contributed by atoms with Gasteiger partial charge in [0.05, 0.1) is 0 Å². The first-order valence-corrected chi connectivity index (χ1v) is 5.14. The van der Waals surface area contributed by atoms with E-state index in [2.05, 4.69) is 10.3 Å². The number of hydrogen-bond acceptors (Lipinski definition) is 4. The van der Waals surface area contributed by atoms with E-state index in [1.807, 2.05) is 0 Å². The molecule has 0 spiro atoms. The van der Waals surface area contributed by atoms with Crippen LogP contribution in [0.5, 0.6) is 0 Å². The third kappa shape index (κ3) is 2.76. The van der Waals surface area contributed by atoms with Crippen molar-refractivity contribution in [2.75, 3.05) is 18.5 Å². The number of nitrogens with one attached hydrogen (secondary N) is 1. The SMILES string of the molecule is O=Cc1ccnc(NC2CCOCC2)c1. The lowest BCUT2D eigenvalue weighted by Gasteiger charge is -2.23. The Morgan fingerprint density at radius 2 is 2.27 bits per heavy atom. The standard InChI is InChI=1S/C11H14N2O2/c14-8-9-1-4-12-11(7-9)13-10-2-5-15-6-3-10/h1,4,7-8,10H,2-3,5-6H2,(H,12,13). The average Bonchev–Trinajstić information content (AvgIpc) is 2.31. The third-order valence-electron chi connectivity index (χ3n) is 2.49. The van der Waals surface area contributed by atoms with Gasteiger partial charge in [0.25, 0.3) is 0 Å². The second kappa shape index (κ2) is 4.89. The molecule has 0 atom stereocenters. The number of pyridine rings is 1. The highest BCUT2D eigenvalue weighted by Gasteiger charge is 2.13. The van der Waals surface area contributed by atoms with Gasteiger partial charge in [-0.1, -0.05) is 0 Å². The Morgan fingerprint density at radius 3 is 3.00 bits per heavy atom. The maximum Gasteiger partial charge on any atom is 0.150 e. The molecule has 80 valence electrons. The first-order valence-electron chi connectivity index (χ1n) is 5.14. The van der Waals surface area contributed by atoms with Crippen LogP contribution >= 0.6 is 0 Å². The van der Waals surface area contributed by atoms with Crippen LogP contribution in [0, 0.1) is 0 Å². The lowest BCUT2D eigenvalue weighted by atomic mass is 10.1. The van der Waals surface area contributed by atoms with Gasteiger partial charge >= 0.3 is 0 Å². The number of carbonyl (C=O) groups is 1. The molecule has 1 fully saturated rings. The highest BCUT2D eigenvalue weighted by atomic mass is 16.5. The number of ether oxygens (including phenoxy) is 1. The Labute approximate surface area is 88.7 Å². The second-order valence-electron chi connectivity index (χ2n) is 3.62. The molecule has 2 heterocycles. The summed E-state index contributed by atoms with van der Waals surface area (Å²) in [5.41, 5.74) is 0.652. The van der Waals surface area contributed by atoms with Crippen molar-refractivity contribution in [2.45, 2.75) is 18.9 Å². The Balaban J connectivity index is 1.99. The van der Waals surface area contributed by atoms with E-state index in [1.54, 1.807) is 18.3 Å². The first kappa shape index (κ1) is 10.1. The minimum absolute atomic E-state index is 0.410. The minimum Gasteiger partial charge on any atom is -0.381 e. The molecule has 1 aliphatic heterocycles. The molecule has 15 heavy (non-hydrogen) atoms. The van der Waals surface area contributed by atoms with Gasteiger partial charge in [0.2, 0.25) is 0 Å². The third-order valence-corrected chi connectivity index (χ3v) is 2.49. The zero-order chi connectivity index (χ0) is 10.5. The van der Waals surface area contributed by atoms with Crippen LogP contribution in [0.4, 0.5) is 5.82 Å². The van der Waals surface area contributed by atoms with E-state index in [9.17, 15) is 4.79 Å². The van der Waals surface area contributed by atoms with Crippen molar-refractivity contribution in [3.8, 4) is 0 Å². The van der Waals surface area contributed by atoms with Gasteiger partial charge in [-0.2, -0.15) is 0 Å². The lowest BCUT2D eigenvalue weighted by molar-refractivity contribution is 0.0903. The molecule has 0 radical (unpaired) electrons. The fourth-order valence-electron chi connectivity index (χ4n) is 1.65. The zero-order valence-electron chi connectivity index (χ0n) is 8.48. The van der Waals surface area contributed by atoms with Crippen molar-refractivity contribution in [3.05, 3.63) is 23.9 Å². The van der Waals surface area contributed by atoms with Crippen LogP contribution < -0.4 is 5.32 Å². The number of nitrogens with zero attached hydrogens (tertiary/aromatic N) is 1. The van der Waals surface area contributed by atoms with Crippen LogP contribution in [-0.2, 0) is 4.74 Å². The lowest BCUT2D eigenvalue weighted by Crippen LogP contribution is -2.28. The van der Waals surface area contributed by atoms with Crippen molar-refractivity contribution in [2.24, 2.45) is 0 Å². The van der Waals surface area contributed by atoms with Gasteiger partial charge in [-0.25, -0.2) is 4.98 Å². The predicted molar refractivity (Wildman–Crippen MR) is 57.1 cm³/mol. The summed E-state index contributed by atoms with van der Waals surface area (Å²) in [5.74, 6) is 0.770. The molecule has 1 aromatic heterocycles. The molecule has 0 amide bonds. The number of anilines is 1. The summed E-state index contributed by atoms with van der Waals surface area (Å²) >= 11 is 0. The van der Waals surface area contributed by atoms with Gasteiger partial charge in [0.15, 0.2) is 0 Å². The smallest absolute Gasteiger partial charge is 0.150 e. The van der Waals surface area contributed by atoms with Gasteiger partial charge in [0, 0.05) is 31.0 Å². The summed E-state index contributed by atoms with van der Waals surface area (Å²) < 4.78 is 5.27. The molecule has 0 unspecified atom stereocenters. The van der Waals surface area contributed by atoms with Crippen molar-refractivity contribution >= 4 is 12.1 Å². The Morgan fingerprint density at radius 1 is 1.47 bits per heavy atom. The number of aromatic nitrogens is 1. The molecule has 4 heteroatoms. The van der Waals surface area contributed by atoms with Gasteiger partial charge in [0.1, 0.15) is 12.1 Å². The number of aldehydes is 1. The van der Waals surface area contributed by atoms with E-state index in [4.69, 9.17) is 4.74 Å². The quantitative estimate of drug-likeness (QED) is 0.761. The Bertz CT molecular complexity index is 335. The summed E-state index contributed by atoms with van der Waals surface area (Å²) in [6, 6.07) is 3.87. The highest BCUT2D eigenvalue weighted by Crippen LogP contribution is 2.13. The summed E-state index contributed by atoms with van der Waals surface area (Å²) in [5, 5.41) is 3.31. The molecule has 1 N–H and O–H groups in total. The molecule has 0 saturated carbocycles. The molecule has 4 nitrogen and oxygen atoms in total. The molecule has 0 bridgehead atoms. The minimum atomic E-state index is 0.410. The number of carbonyl (C=O) groups excluding carboxylic acids is 1. The molecule has 1 saturated heterocycles. The van der Waals surface area contributed by atoms with E-state index in [1.165, 1.54) is 0 Å². The number of hydrogen-bond donors (Lipinski definition) is 1. The van der Waals surface area contributed by atoms with Gasteiger partial charge in [-0.05, 0) is 25.0 Å². The van der Waals surface area contributed by atoms with Gasteiger partial charge < -0.3 is 10.1 Å². The maximum absolute atomic E-state index is 10.6. The summed E-state index contributed by atoms with van der Waals surface area (Å²) in [6.45, 7) is 1.59. The summed E-state index contributed by atoms with van der Waals surface area (Å²) in [6.07, 6.45) is 4.46. The molecule has 1 aliphatic rings. The fraction of sp³-hybridized carbons (Fsp3) is 0.455. The second-order valence-corrected chi connectivity index (χ2v) is 3.62.